The van der Waals surface area contributed by atoms with Crippen molar-refractivity contribution in [1.29, 1.82) is 0 Å². The second kappa shape index (κ2) is 6.82. The highest BCUT2D eigenvalue weighted by molar-refractivity contribution is 6.00. The van der Waals surface area contributed by atoms with Crippen LogP contribution in [0.5, 0.6) is 0 Å². The van der Waals surface area contributed by atoms with E-state index in [1.54, 1.807) is 11.1 Å². The number of methoxy groups -OCH3 is 1. The number of ether oxygens (including phenoxy) is 1. The van der Waals surface area contributed by atoms with Gasteiger partial charge in [0.2, 0.25) is 0 Å². The van der Waals surface area contributed by atoms with Crippen molar-refractivity contribution in [1.82, 2.24) is 19.7 Å². The van der Waals surface area contributed by atoms with Crippen LogP contribution in [0.1, 0.15) is 55.2 Å². The predicted molar refractivity (Wildman–Crippen MR) is 93.3 cm³/mol. The highest BCUT2D eigenvalue weighted by Crippen LogP contribution is 2.24. The standard InChI is InChI=1S/C18H24N4O3/c1-11(2)22-16-13(10-19-22)9-14(12(3)20-16)17(23)21-8-6-5-7-15(21)18(24)25-4/h9-11,15H,5-8H2,1-4H3. The quantitative estimate of drug-likeness (QED) is 0.800. The number of nitrogens with zero attached hydrogens (tertiary/aromatic N) is 4. The van der Waals surface area contributed by atoms with Crippen LogP contribution in [0.15, 0.2) is 12.3 Å². The minimum atomic E-state index is -0.514. The van der Waals surface area contributed by atoms with E-state index in [1.807, 2.05) is 31.5 Å². The minimum Gasteiger partial charge on any atom is -0.467 e. The van der Waals surface area contributed by atoms with E-state index in [0.717, 1.165) is 23.9 Å². The third-order valence-corrected chi connectivity index (χ3v) is 4.72. The molecule has 25 heavy (non-hydrogen) atoms. The van der Waals surface area contributed by atoms with Crippen LogP contribution in [-0.4, -0.2) is 51.2 Å². The van der Waals surface area contributed by atoms with E-state index in [2.05, 4.69) is 10.1 Å². The molecule has 1 unspecified atom stereocenters. The van der Waals surface area contributed by atoms with E-state index >= 15 is 0 Å². The lowest BCUT2D eigenvalue weighted by atomic mass is 10.0. The van der Waals surface area contributed by atoms with Crippen molar-refractivity contribution in [2.45, 2.75) is 52.1 Å². The summed E-state index contributed by atoms with van der Waals surface area (Å²) in [5.74, 6) is -0.522. The van der Waals surface area contributed by atoms with Crippen LogP contribution in [-0.2, 0) is 9.53 Å². The fourth-order valence-corrected chi connectivity index (χ4v) is 3.37. The molecule has 1 atom stereocenters. The zero-order chi connectivity index (χ0) is 18.1. The summed E-state index contributed by atoms with van der Waals surface area (Å²) >= 11 is 0. The van der Waals surface area contributed by atoms with Gasteiger partial charge in [0.05, 0.1) is 24.6 Å². The SMILES string of the molecule is COC(=O)C1CCCCN1C(=O)c1cc2cnn(C(C)C)c2nc1C. The number of pyridine rings is 1. The number of likely N-dealkylation sites (tertiary alicyclic amines) is 1. The molecule has 3 rings (SSSR count). The highest BCUT2D eigenvalue weighted by Gasteiger charge is 2.34. The average molecular weight is 344 g/mol. The molecule has 7 heteroatoms. The van der Waals surface area contributed by atoms with Crippen molar-refractivity contribution >= 4 is 22.9 Å². The van der Waals surface area contributed by atoms with Crippen molar-refractivity contribution in [2.75, 3.05) is 13.7 Å². The van der Waals surface area contributed by atoms with Gasteiger partial charge in [-0.2, -0.15) is 5.10 Å². The van der Waals surface area contributed by atoms with Gasteiger partial charge in [0.15, 0.2) is 5.65 Å². The molecule has 0 aromatic carbocycles. The summed E-state index contributed by atoms with van der Waals surface area (Å²) in [6.07, 6.45) is 4.17. The van der Waals surface area contributed by atoms with Crippen molar-refractivity contribution in [2.24, 2.45) is 0 Å². The van der Waals surface area contributed by atoms with Crippen LogP contribution >= 0.6 is 0 Å². The molecule has 0 bridgehead atoms. The first-order valence-electron chi connectivity index (χ1n) is 8.67. The molecule has 0 N–H and O–H groups in total. The zero-order valence-electron chi connectivity index (χ0n) is 15.2. The minimum absolute atomic E-state index is 0.167. The lowest BCUT2D eigenvalue weighted by molar-refractivity contribution is -0.147. The maximum absolute atomic E-state index is 13.1. The monoisotopic (exact) mass is 344 g/mol. The lowest BCUT2D eigenvalue weighted by Gasteiger charge is -2.34. The molecule has 0 radical (unpaired) electrons. The summed E-state index contributed by atoms with van der Waals surface area (Å²) in [5.41, 5.74) is 1.94. The number of esters is 1. The van der Waals surface area contributed by atoms with Gasteiger partial charge >= 0.3 is 5.97 Å². The van der Waals surface area contributed by atoms with Gasteiger partial charge in [-0.1, -0.05) is 0 Å². The predicted octanol–water partition coefficient (Wildman–Crippen LogP) is 2.49. The van der Waals surface area contributed by atoms with Crippen molar-refractivity contribution < 1.29 is 14.3 Å². The molecule has 1 saturated heterocycles. The molecule has 2 aromatic rings. The molecule has 1 fully saturated rings. The zero-order valence-corrected chi connectivity index (χ0v) is 15.2. The fraction of sp³-hybridized carbons (Fsp3) is 0.556. The molecule has 2 aromatic heterocycles. The Hall–Kier alpha value is -2.44. The summed E-state index contributed by atoms with van der Waals surface area (Å²) < 4.78 is 6.72. The number of aryl methyl sites for hydroxylation is 1. The number of aromatic nitrogens is 3. The van der Waals surface area contributed by atoms with Crippen molar-refractivity contribution in [3.63, 3.8) is 0 Å². The number of carbonyl (C=O) groups is 2. The Kier molecular flexibility index (Phi) is 4.74. The van der Waals surface area contributed by atoms with E-state index in [9.17, 15) is 9.59 Å². The van der Waals surface area contributed by atoms with Gasteiger partial charge in [0, 0.05) is 18.0 Å². The third-order valence-electron chi connectivity index (χ3n) is 4.72. The Morgan fingerprint density at radius 2 is 2.08 bits per heavy atom. The molecule has 0 aliphatic carbocycles. The van der Waals surface area contributed by atoms with Gasteiger partial charge in [-0.3, -0.25) is 4.79 Å². The third kappa shape index (κ3) is 3.10. The first-order valence-corrected chi connectivity index (χ1v) is 8.67. The smallest absolute Gasteiger partial charge is 0.328 e. The summed E-state index contributed by atoms with van der Waals surface area (Å²) in [7, 11) is 1.36. The Balaban J connectivity index is 1.98. The van der Waals surface area contributed by atoms with Crippen molar-refractivity contribution in [3.8, 4) is 0 Å². The number of fused-ring (bicyclic) bond motifs is 1. The van der Waals surface area contributed by atoms with Gasteiger partial charge in [0.25, 0.3) is 5.91 Å². The number of hydrogen-bond donors (Lipinski definition) is 0. The second-order valence-corrected chi connectivity index (χ2v) is 6.75. The molecular formula is C18H24N4O3. The second-order valence-electron chi connectivity index (χ2n) is 6.75. The van der Waals surface area contributed by atoms with Crippen LogP contribution in [0.2, 0.25) is 0 Å². The molecule has 1 aliphatic rings. The Morgan fingerprint density at radius 3 is 2.76 bits per heavy atom. The number of carbonyl (C=O) groups excluding carboxylic acids is 2. The summed E-state index contributed by atoms with van der Waals surface area (Å²) in [4.78, 5) is 31.4. The molecule has 3 heterocycles. The van der Waals surface area contributed by atoms with E-state index < -0.39 is 6.04 Å². The Morgan fingerprint density at radius 1 is 1.32 bits per heavy atom. The van der Waals surface area contributed by atoms with E-state index in [1.165, 1.54) is 7.11 Å². The molecule has 0 saturated carbocycles. The molecule has 0 spiro atoms. The first kappa shape index (κ1) is 17.4. The Bertz CT molecular complexity index is 812. The topological polar surface area (TPSA) is 77.3 Å². The summed E-state index contributed by atoms with van der Waals surface area (Å²) in [6.45, 7) is 6.46. The number of hydrogen-bond acceptors (Lipinski definition) is 5. The highest BCUT2D eigenvalue weighted by atomic mass is 16.5. The van der Waals surface area contributed by atoms with Crippen LogP contribution in [0, 0.1) is 6.92 Å². The van der Waals surface area contributed by atoms with Crippen LogP contribution < -0.4 is 0 Å². The van der Waals surface area contributed by atoms with Gasteiger partial charge < -0.3 is 9.64 Å². The average Bonchev–Trinajstić information content (AvgIpc) is 3.02. The maximum Gasteiger partial charge on any atom is 0.328 e. The summed E-state index contributed by atoms with van der Waals surface area (Å²) in [5, 5.41) is 5.19. The van der Waals surface area contributed by atoms with Crippen LogP contribution in [0.4, 0.5) is 0 Å². The number of amides is 1. The molecule has 7 nitrogen and oxygen atoms in total. The van der Waals surface area contributed by atoms with Gasteiger partial charge in [0.1, 0.15) is 6.04 Å². The van der Waals surface area contributed by atoms with Crippen molar-refractivity contribution in [3.05, 3.63) is 23.5 Å². The molecule has 134 valence electrons. The fourth-order valence-electron chi connectivity index (χ4n) is 3.37. The first-order chi connectivity index (χ1) is 11.9. The van der Waals surface area contributed by atoms with Crippen LogP contribution in [0.3, 0.4) is 0 Å². The molecule has 1 aliphatic heterocycles. The number of piperidine rings is 1. The van der Waals surface area contributed by atoms with Crippen LogP contribution in [0.25, 0.3) is 11.0 Å². The van der Waals surface area contributed by atoms with Gasteiger partial charge in [-0.15, -0.1) is 0 Å². The van der Waals surface area contributed by atoms with E-state index in [-0.39, 0.29) is 17.9 Å². The van der Waals surface area contributed by atoms with E-state index in [4.69, 9.17) is 4.74 Å². The van der Waals surface area contributed by atoms with Gasteiger partial charge in [-0.05, 0) is 46.1 Å². The summed E-state index contributed by atoms with van der Waals surface area (Å²) in [6, 6.07) is 1.51. The lowest BCUT2D eigenvalue weighted by Crippen LogP contribution is -2.48. The van der Waals surface area contributed by atoms with Gasteiger partial charge in [-0.25, -0.2) is 14.5 Å². The Labute approximate surface area is 147 Å². The normalized spacial score (nSPS) is 18.0. The molecular weight excluding hydrogens is 320 g/mol. The molecule has 1 amide bonds. The largest absolute Gasteiger partial charge is 0.467 e. The van der Waals surface area contributed by atoms with E-state index in [0.29, 0.717) is 24.2 Å². The maximum atomic E-state index is 13.1. The number of rotatable bonds is 3.